The Bertz CT molecular complexity index is 2640. The van der Waals surface area contributed by atoms with Crippen molar-refractivity contribution < 1.29 is 0 Å². The monoisotopic (exact) mass is 744 g/mol. The van der Waals surface area contributed by atoms with Gasteiger partial charge >= 0.3 is 0 Å². The van der Waals surface area contributed by atoms with Crippen LogP contribution in [0.4, 0.5) is 0 Å². The molecule has 48 heavy (non-hydrogen) atoms. The van der Waals surface area contributed by atoms with E-state index in [1.807, 2.05) is 0 Å². The minimum absolute atomic E-state index is 0.0233. The fraction of sp³-hybridized carbons (Fsp3) is 0.130. The van der Waals surface area contributed by atoms with E-state index in [4.69, 9.17) is 0 Å². The highest BCUT2D eigenvalue weighted by molar-refractivity contribution is 9.10. The second kappa shape index (κ2) is 10.6. The van der Waals surface area contributed by atoms with Crippen LogP contribution < -0.4 is 0 Å². The molecule has 0 heterocycles. The molecule has 8 aromatic carbocycles. The normalized spacial score (nSPS) is 14.8. The van der Waals surface area contributed by atoms with E-state index in [2.05, 4.69) is 193 Å². The molecule has 0 unspecified atom stereocenters. The zero-order valence-corrected chi connectivity index (χ0v) is 30.6. The second-order valence-electron chi connectivity index (χ2n) is 14.3. The van der Waals surface area contributed by atoms with Gasteiger partial charge in [0.2, 0.25) is 0 Å². The maximum absolute atomic E-state index is 3.66. The van der Waals surface area contributed by atoms with Gasteiger partial charge in [0.05, 0.1) is 0 Å². The van der Waals surface area contributed by atoms with Gasteiger partial charge in [-0.2, -0.15) is 0 Å². The highest BCUT2D eigenvalue weighted by Crippen LogP contribution is 2.56. The SMILES string of the molecule is CC1(C)c2cc(Br)ccc2-c2c1c1ccc(Br)cc1c1ccccc21.CC1(C)c2ccccc2-c2c1c1ccccc1c1ccccc21. The Kier molecular flexibility index (Phi) is 6.61. The van der Waals surface area contributed by atoms with E-state index < -0.39 is 0 Å². The lowest BCUT2D eigenvalue weighted by molar-refractivity contribution is 0.666. The van der Waals surface area contributed by atoms with Crippen molar-refractivity contribution in [3.8, 4) is 22.3 Å². The van der Waals surface area contributed by atoms with Gasteiger partial charge in [0, 0.05) is 19.8 Å². The number of hydrogen-bond donors (Lipinski definition) is 0. The first kappa shape index (κ1) is 29.9. The molecule has 8 aromatic rings. The van der Waals surface area contributed by atoms with Crippen LogP contribution in [0.3, 0.4) is 0 Å². The maximum atomic E-state index is 3.66. The number of halogens is 2. The van der Waals surface area contributed by atoms with Gasteiger partial charge in [-0.3, -0.25) is 0 Å². The van der Waals surface area contributed by atoms with Crippen LogP contribution in [-0.2, 0) is 10.8 Å². The van der Waals surface area contributed by atoms with E-state index in [1.54, 1.807) is 0 Å². The third-order valence-corrected chi connectivity index (χ3v) is 12.0. The van der Waals surface area contributed by atoms with Crippen molar-refractivity contribution in [1.82, 2.24) is 0 Å². The van der Waals surface area contributed by atoms with Crippen molar-refractivity contribution in [2.45, 2.75) is 38.5 Å². The van der Waals surface area contributed by atoms with Gasteiger partial charge in [0.1, 0.15) is 0 Å². The van der Waals surface area contributed by atoms with Gasteiger partial charge in [0.25, 0.3) is 0 Å². The molecule has 0 aliphatic heterocycles. The molecular formula is C46H34Br2. The first-order valence-corrected chi connectivity index (χ1v) is 18.2. The molecule has 0 amide bonds. The van der Waals surface area contributed by atoms with E-state index in [9.17, 15) is 0 Å². The molecule has 0 N–H and O–H groups in total. The molecule has 10 rings (SSSR count). The average molecular weight is 747 g/mol. The summed E-state index contributed by atoms with van der Waals surface area (Å²) >= 11 is 7.32. The summed E-state index contributed by atoms with van der Waals surface area (Å²) in [4.78, 5) is 0. The Hall–Kier alpha value is -4.24. The summed E-state index contributed by atoms with van der Waals surface area (Å²) in [5.41, 5.74) is 11.4. The van der Waals surface area contributed by atoms with Crippen molar-refractivity contribution >= 4 is 74.9 Å². The molecular weight excluding hydrogens is 712 g/mol. The Morgan fingerprint density at radius 1 is 0.354 bits per heavy atom. The van der Waals surface area contributed by atoms with Crippen LogP contribution in [-0.4, -0.2) is 0 Å². The van der Waals surface area contributed by atoms with Gasteiger partial charge in [-0.25, -0.2) is 0 Å². The summed E-state index contributed by atoms with van der Waals surface area (Å²) in [5, 5.41) is 10.8. The summed E-state index contributed by atoms with van der Waals surface area (Å²) in [6, 6.07) is 48.8. The second-order valence-corrected chi connectivity index (χ2v) is 16.1. The standard InChI is InChI=1S/C23H16Br2.C23H18/c1-23(2)20-12-14(25)8-10-18(20)21-16-6-4-3-5-15(16)19-11-13(24)7-9-17(19)22(21)23;1-23(2)20-14-8-7-13-19(20)21-17-11-5-3-9-15(17)16-10-4-6-12-18(16)22(21)23/h3-12H,1-2H3;3-14H,1-2H3. The fourth-order valence-electron chi connectivity index (χ4n) is 8.93. The van der Waals surface area contributed by atoms with Crippen LogP contribution in [0.2, 0.25) is 0 Å². The quantitative estimate of drug-likeness (QED) is 0.136. The lowest BCUT2D eigenvalue weighted by Crippen LogP contribution is -2.15. The molecule has 0 saturated carbocycles. The Balaban J connectivity index is 0.000000131. The fourth-order valence-corrected chi connectivity index (χ4v) is 9.65. The first-order chi connectivity index (χ1) is 23.2. The van der Waals surface area contributed by atoms with E-state index in [1.165, 1.54) is 87.6 Å². The summed E-state index contributed by atoms with van der Waals surface area (Å²) < 4.78 is 2.27. The third kappa shape index (κ3) is 4.12. The predicted octanol–water partition coefficient (Wildman–Crippen LogP) is 14.1. The number of hydrogen-bond acceptors (Lipinski definition) is 0. The molecule has 232 valence electrons. The smallest absolute Gasteiger partial charge is 0.0181 e. The molecule has 2 heteroatoms. The van der Waals surface area contributed by atoms with E-state index in [-0.39, 0.29) is 10.8 Å². The Morgan fingerprint density at radius 3 is 1.42 bits per heavy atom. The van der Waals surface area contributed by atoms with Crippen LogP contribution in [0.1, 0.15) is 49.9 Å². The van der Waals surface area contributed by atoms with Gasteiger partial charge < -0.3 is 0 Å². The van der Waals surface area contributed by atoms with Crippen LogP contribution >= 0.6 is 31.9 Å². The molecule has 0 saturated heterocycles. The molecule has 0 nitrogen and oxygen atoms in total. The largest absolute Gasteiger partial charge is 0.0619 e. The molecule has 0 bridgehead atoms. The van der Waals surface area contributed by atoms with Crippen LogP contribution in [0.5, 0.6) is 0 Å². The van der Waals surface area contributed by atoms with E-state index >= 15 is 0 Å². The number of fused-ring (bicyclic) bond motifs is 16. The van der Waals surface area contributed by atoms with Crippen LogP contribution in [0.25, 0.3) is 65.3 Å². The molecule has 2 aliphatic carbocycles. The molecule has 0 spiro atoms. The third-order valence-electron chi connectivity index (χ3n) is 11.0. The van der Waals surface area contributed by atoms with Crippen molar-refractivity contribution in [2.24, 2.45) is 0 Å². The van der Waals surface area contributed by atoms with E-state index in [0.717, 1.165) is 8.95 Å². The number of rotatable bonds is 0. The molecule has 0 atom stereocenters. The van der Waals surface area contributed by atoms with Gasteiger partial charge in [-0.05, 0) is 112 Å². The average Bonchev–Trinajstić information content (AvgIpc) is 3.49. The minimum Gasteiger partial charge on any atom is -0.0619 e. The van der Waals surface area contributed by atoms with Crippen molar-refractivity contribution in [3.05, 3.63) is 165 Å². The highest BCUT2D eigenvalue weighted by Gasteiger charge is 2.39. The first-order valence-electron chi connectivity index (χ1n) is 16.7. The maximum Gasteiger partial charge on any atom is 0.0181 e. The van der Waals surface area contributed by atoms with Gasteiger partial charge in [-0.15, -0.1) is 0 Å². The van der Waals surface area contributed by atoms with Crippen LogP contribution in [0.15, 0.2) is 142 Å². The summed E-state index contributed by atoms with van der Waals surface area (Å²) in [6.45, 7) is 9.42. The zero-order valence-electron chi connectivity index (χ0n) is 27.5. The van der Waals surface area contributed by atoms with Crippen LogP contribution in [0, 0.1) is 0 Å². The Morgan fingerprint density at radius 2 is 0.771 bits per heavy atom. The van der Waals surface area contributed by atoms with Crippen molar-refractivity contribution in [1.29, 1.82) is 0 Å². The summed E-state index contributed by atoms with van der Waals surface area (Å²) in [6.07, 6.45) is 0. The molecule has 0 fully saturated rings. The summed E-state index contributed by atoms with van der Waals surface area (Å²) in [5.74, 6) is 0. The molecule has 0 radical (unpaired) electrons. The summed E-state index contributed by atoms with van der Waals surface area (Å²) in [7, 11) is 0. The Labute approximate surface area is 298 Å². The van der Waals surface area contributed by atoms with Gasteiger partial charge in [0.15, 0.2) is 0 Å². The van der Waals surface area contributed by atoms with E-state index in [0.29, 0.717) is 0 Å². The number of benzene rings is 8. The van der Waals surface area contributed by atoms with Crippen molar-refractivity contribution in [2.75, 3.05) is 0 Å². The van der Waals surface area contributed by atoms with Gasteiger partial charge in [-0.1, -0.05) is 169 Å². The molecule has 0 aromatic heterocycles. The highest BCUT2D eigenvalue weighted by atomic mass is 79.9. The topological polar surface area (TPSA) is 0 Å². The lowest BCUT2D eigenvalue weighted by Gasteiger charge is -2.24. The van der Waals surface area contributed by atoms with Crippen molar-refractivity contribution in [3.63, 3.8) is 0 Å². The predicted molar refractivity (Wildman–Crippen MR) is 213 cm³/mol. The molecule has 2 aliphatic rings. The zero-order chi connectivity index (χ0) is 32.9. The minimum atomic E-state index is -0.0233. The lowest BCUT2D eigenvalue weighted by atomic mass is 9.79.